The summed E-state index contributed by atoms with van der Waals surface area (Å²) in [5.41, 5.74) is 0. The summed E-state index contributed by atoms with van der Waals surface area (Å²) in [5, 5.41) is 15.4. The van der Waals surface area contributed by atoms with Crippen LogP contribution >= 0.6 is 0 Å². The lowest BCUT2D eigenvalue weighted by Crippen LogP contribution is -2.37. The molecule has 1 heterocycles. The topological polar surface area (TPSA) is 68.6 Å². The van der Waals surface area contributed by atoms with Crippen molar-refractivity contribution in [2.75, 3.05) is 19.6 Å². The van der Waals surface area contributed by atoms with Crippen molar-refractivity contribution < 1.29 is 14.3 Å². The van der Waals surface area contributed by atoms with Gasteiger partial charge in [-0.3, -0.25) is 9.42 Å². The van der Waals surface area contributed by atoms with Crippen LogP contribution in [0.15, 0.2) is 15.7 Å². The average Bonchev–Trinajstić information content (AvgIpc) is 2.74. The minimum absolute atomic E-state index is 0.195. The highest BCUT2D eigenvalue weighted by molar-refractivity contribution is 5.75. The van der Waals surface area contributed by atoms with Crippen molar-refractivity contribution in [3.63, 3.8) is 0 Å². The van der Waals surface area contributed by atoms with E-state index in [4.69, 9.17) is 4.52 Å². The summed E-state index contributed by atoms with van der Waals surface area (Å²) in [6.07, 6.45) is 1.63. The normalized spacial score (nSPS) is 12.7. The smallest absolute Gasteiger partial charge is 0.320 e. The van der Waals surface area contributed by atoms with Crippen LogP contribution in [0.2, 0.25) is 0 Å². The van der Waals surface area contributed by atoms with E-state index in [0.717, 1.165) is 13.1 Å². The second-order valence-corrected chi connectivity index (χ2v) is 4.08. The van der Waals surface area contributed by atoms with E-state index < -0.39 is 0 Å². The summed E-state index contributed by atoms with van der Waals surface area (Å²) in [4.78, 5) is 5.87. The minimum Gasteiger partial charge on any atom is -0.861 e. The fourth-order valence-corrected chi connectivity index (χ4v) is 1.34. The third-order valence-electron chi connectivity index (χ3n) is 2.49. The molecule has 1 rings (SSSR count). The Kier molecular flexibility index (Phi) is 5.09. The summed E-state index contributed by atoms with van der Waals surface area (Å²) < 4.78 is 6.58. The first-order chi connectivity index (χ1) is 8.06. The summed E-state index contributed by atoms with van der Waals surface area (Å²) in [6.45, 7) is 9.96. The molecule has 1 aromatic rings. The maximum absolute atomic E-state index is 11.6. The molecule has 0 unspecified atom stereocenters. The van der Waals surface area contributed by atoms with Gasteiger partial charge in [-0.2, -0.15) is 0 Å². The van der Waals surface area contributed by atoms with E-state index >= 15 is 0 Å². The lowest BCUT2D eigenvalue weighted by molar-refractivity contribution is -0.779. The minimum atomic E-state index is -0.208. The van der Waals surface area contributed by atoms with Crippen molar-refractivity contribution in [2.24, 2.45) is 4.99 Å². The maximum atomic E-state index is 11.6. The van der Waals surface area contributed by atoms with Gasteiger partial charge in [-0.25, -0.2) is 4.99 Å². The summed E-state index contributed by atoms with van der Waals surface area (Å²) in [6, 6.07) is 0.195. The van der Waals surface area contributed by atoms with Crippen LogP contribution in [-0.4, -0.2) is 35.7 Å². The molecule has 0 atom stereocenters. The number of hydrogen-bond donors (Lipinski definition) is 0. The quantitative estimate of drug-likeness (QED) is 0.407. The van der Waals surface area contributed by atoms with Crippen molar-refractivity contribution in [3.05, 3.63) is 6.20 Å². The van der Waals surface area contributed by atoms with Crippen molar-refractivity contribution in [1.29, 1.82) is 0 Å². The molecule has 0 radical (unpaired) electrons. The summed E-state index contributed by atoms with van der Waals surface area (Å²) in [7, 11) is 0. The zero-order chi connectivity index (χ0) is 12.8. The van der Waals surface area contributed by atoms with E-state index in [9.17, 15) is 5.11 Å². The maximum Gasteiger partial charge on any atom is 0.320 e. The van der Waals surface area contributed by atoms with Gasteiger partial charge in [-0.15, -0.1) is 0 Å². The van der Waals surface area contributed by atoms with E-state index in [1.54, 1.807) is 10.9 Å². The van der Waals surface area contributed by atoms with E-state index in [0.29, 0.717) is 6.54 Å². The van der Waals surface area contributed by atoms with Crippen LogP contribution in [-0.2, 0) is 0 Å². The molecular formula is C11H20N4O2. The molecule has 6 heteroatoms. The van der Waals surface area contributed by atoms with E-state index in [2.05, 4.69) is 10.3 Å². The first-order valence-corrected chi connectivity index (χ1v) is 5.91. The van der Waals surface area contributed by atoms with Gasteiger partial charge in [0.1, 0.15) is 0 Å². The molecule has 0 amide bonds. The van der Waals surface area contributed by atoms with Gasteiger partial charge < -0.3 is 5.11 Å². The van der Waals surface area contributed by atoms with Gasteiger partial charge >= 0.3 is 5.88 Å². The zero-order valence-electron chi connectivity index (χ0n) is 10.9. The summed E-state index contributed by atoms with van der Waals surface area (Å²) in [5.74, 6) is 0.0524. The molecule has 0 saturated carbocycles. The molecule has 6 nitrogen and oxygen atoms in total. The number of hydrogen-bond acceptors (Lipinski definition) is 5. The SMILES string of the molecule is CCN(CC)C/C([O-])=N/c1c[n+](C(C)C)no1. The van der Waals surface area contributed by atoms with E-state index in [1.807, 2.05) is 32.6 Å². The van der Waals surface area contributed by atoms with Crippen LogP contribution in [0, 0.1) is 0 Å². The van der Waals surface area contributed by atoms with Crippen LogP contribution in [0.25, 0.3) is 0 Å². The number of likely N-dealkylation sites (N-methyl/N-ethyl adjacent to an activating group) is 1. The third kappa shape index (κ3) is 4.14. The van der Waals surface area contributed by atoms with Crippen molar-refractivity contribution in [1.82, 2.24) is 10.2 Å². The number of rotatable bonds is 6. The van der Waals surface area contributed by atoms with Gasteiger partial charge in [-0.05, 0) is 37.5 Å². The first-order valence-electron chi connectivity index (χ1n) is 5.91. The van der Waals surface area contributed by atoms with Crippen LogP contribution in [0.1, 0.15) is 33.7 Å². The molecular weight excluding hydrogens is 220 g/mol. The molecule has 0 aromatic carbocycles. The highest BCUT2D eigenvalue weighted by Crippen LogP contribution is 2.07. The Hall–Kier alpha value is -1.43. The van der Waals surface area contributed by atoms with Crippen LogP contribution in [0.3, 0.4) is 0 Å². The van der Waals surface area contributed by atoms with Gasteiger partial charge in [0.15, 0.2) is 6.04 Å². The fourth-order valence-electron chi connectivity index (χ4n) is 1.34. The van der Waals surface area contributed by atoms with Gasteiger partial charge in [0, 0.05) is 6.54 Å². The molecule has 0 bridgehead atoms. The van der Waals surface area contributed by atoms with Crippen molar-refractivity contribution in [3.8, 4) is 0 Å². The van der Waals surface area contributed by atoms with Gasteiger partial charge in [0.05, 0.1) is 0 Å². The van der Waals surface area contributed by atoms with E-state index in [1.165, 1.54) is 0 Å². The van der Waals surface area contributed by atoms with Gasteiger partial charge in [0.25, 0.3) is 6.20 Å². The number of aromatic nitrogens is 2. The van der Waals surface area contributed by atoms with Crippen LogP contribution < -0.4 is 9.79 Å². The molecule has 0 aliphatic rings. The monoisotopic (exact) mass is 240 g/mol. The predicted molar refractivity (Wildman–Crippen MR) is 62.0 cm³/mol. The standard InChI is InChI=1S/C11H20N4O2/c1-5-14(6-2)7-10(16)12-11-8-15(9(3)4)13-17-11/h8-9H,5-7H2,1-4H3. The second-order valence-electron chi connectivity index (χ2n) is 4.08. The Morgan fingerprint density at radius 1 is 1.53 bits per heavy atom. The number of nitrogens with zero attached hydrogens (tertiary/aromatic N) is 4. The summed E-state index contributed by atoms with van der Waals surface area (Å²) >= 11 is 0. The Morgan fingerprint density at radius 3 is 2.65 bits per heavy atom. The van der Waals surface area contributed by atoms with Gasteiger partial charge in [0.2, 0.25) is 5.27 Å². The molecule has 0 N–H and O–H groups in total. The fraction of sp³-hybridized carbons (Fsp3) is 0.727. The molecule has 0 aliphatic carbocycles. The van der Waals surface area contributed by atoms with E-state index in [-0.39, 0.29) is 17.8 Å². The highest BCUT2D eigenvalue weighted by Gasteiger charge is 2.13. The first kappa shape index (κ1) is 13.6. The molecule has 0 fully saturated rings. The zero-order valence-corrected chi connectivity index (χ0v) is 10.9. The average molecular weight is 240 g/mol. The predicted octanol–water partition coefficient (Wildman–Crippen LogP) is 0.275. The Bertz CT molecular complexity index is 369. The largest absolute Gasteiger partial charge is 0.861 e. The lowest BCUT2D eigenvalue weighted by Gasteiger charge is -2.21. The second kappa shape index (κ2) is 6.34. The van der Waals surface area contributed by atoms with Crippen molar-refractivity contribution >= 4 is 11.8 Å². The molecule has 0 saturated heterocycles. The van der Waals surface area contributed by atoms with Gasteiger partial charge in [-0.1, -0.05) is 13.8 Å². The lowest BCUT2D eigenvalue weighted by atomic mass is 10.4. The number of aliphatic imine (C=N–C) groups is 1. The molecule has 0 aliphatic heterocycles. The Morgan fingerprint density at radius 2 is 2.18 bits per heavy atom. The highest BCUT2D eigenvalue weighted by atomic mass is 16.5. The molecule has 1 aromatic heterocycles. The van der Waals surface area contributed by atoms with Crippen LogP contribution in [0.5, 0.6) is 0 Å². The molecule has 0 spiro atoms. The van der Waals surface area contributed by atoms with Crippen molar-refractivity contribution in [2.45, 2.75) is 33.7 Å². The van der Waals surface area contributed by atoms with Crippen LogP contribution in [0.4, 0.5) is 5.88 Å². The third-order valence-corrected chi connectivity index (χ3v) is 2.49. The molecule has 96 valence electrons. The Balaban J connectivity index is 2.66. The molecule has 17 heavy (non-hydrogen) atoms. The Labute approximate surface area is 102 Å².